The molecule has 1 aliphatic rings. The van der Waals surface area contributed by atoms with Gasteiger partial charge in [-0.1, -0.05) is 25.1 Å². The smallest absolute Gasteiger partial charge is 0.251 e. The van der Waals surface area contributed by atoms with Gasteiger partial charge in [-0.15, -0.1) is 0 Å². The Labute approximate surface area is 179 Å². The lowest BCUT2D eigenvalue weighted by Crippen LogP contribution is -2.34. The number of rotatable bonds is 6. The largest absolute Gasteiger partial charge is 0.371 e. The van der Waals surface area contributed by atoms with Crippen LogP contribution in [0.1, 0.15) is 48.7 Å². The van der Waals surface area contributed by atoms with E-state index in [0.29, 0.717) is 11.5 Å². The lowest BCUT2D eigenvalue weighted by Gasteiger charge is -2.33. The molecule has 2 aromatic carbocycles. The number of amides is 1. The van der Waals surface area contributed by atoms with Gasteiger partial charge in [-0.25, -0.2) is 12.7 Å². The number of sulfonamides is 1. The van der Waals surface area contributed by atoms with E-state index < -0.39 is 10.0 Å². The van der Waals surface area contributed by atoms with E-state index in [0.717, 1.165) is 23.0 Å². The lowest BCUT2D eigenvalue weighted by molar-refractivity contribution is 0.0939. The van der Waals surface area contributed by atoms with Gasteiger partial charge in [0.15, 0.2) is 0 Å². The molecule has 1 amide bonds. The zero-order chi connectivity index (χ0) is 21.9. The first kappa shape index (κ1) is 22.3. The molecule has 0 aromatic heterocycles. The minimum Gasteiger partial charge on any atom is -0.371 e. The van der Waals surface area contributed by atoms with Crippen LogP contribution in [0.3, 0.4) is 0 Å². The van der Waals surface area contributed by atoms with Crippen LogP contribution in [0.15, 0.2) is 53.4 Å². The number of hydrogen-bond acceptors (Lipinski definition) is 4. The van der Waals surface area contributed by atoms with Gasteiger partial charge in [-0.05, 0) is 61.6 Å². The molecule has 0 spiro atoms. The van der Waals surface area contributed by atoms with Crippen LogP contribution in [0, 0.1) is 5.92 Å². The minimum absolute atomic E-state index is 0.105. The fourth-order valence-electron chi connectivity index (χ4n) is 3.77. The molecule has 7 heteroatoms. The van der Waals surface area contributed by atoms with E-state index in [4.69, 9.17) is 0 Å². The number of benzene rings is 2. The van der Waals surface area contributed by atoms with Crippen LogP contribution in [0.2, 0.25) is 0 Å². The van der Waals surface area contributed by atoms with Crippen molar-refractivity contribution in [1.82, 2.24) is 9.62 Å². The van der Waals surface area contributed by atoms with Crippen molar-refractivity contribution in [1.29, 1.82) is 0 Å². The standard InChI is InChI=1S/C23H31N3O3S/c1-17-7-6-14-26(16-17)21-12-10-19(11-13-21)18(2)24-23(27)20-8-5-9-22(15-20)30(28,29)25(3)4/h5,8-13,15,17-18H,6-7,14,16H2,1-4H3,(H,24,27)/t17-,18-/m0/s1. The second kappa shape index (κ2) is 9.18. The van der Waals surface area contributed by atoms with Crippen molar-refractivity contribution in [3.05, 3.63) is 59.7 Å². The van der Waals surface area contributed by atoms with Gasteiger partial charge in [0.2, 0.25) is 10.0 Å². The molecule has 0 aliphatic carbocycles. The molecule has 2 aromatic rings. The molecule has 0 saturated carbocycles. The molecule has 0 radical (unpaired) electrons. The molecular formula is C23H31N3O3S. The van der Waals surface area contributed by atoms with Crippen LogP contribution in [-0.4, -0.2) is 45.8 Å². The Bertz CT molecular complexity index is 987. The van der Waals surface area contributed by atoms with Gasteiger partial charge in [0.1, 0.15) is 0 Å². The highest BCUT2D eigenvalue weighted by molar-refractivity contribution is 7.89. The lowest BCUT2D eigenvalue weighted by atomic mass is 9.99. The number of carbonyl (C=O) groups is 1. The normalized spacial score (nSPS) is 18.3. The average molecular weight is 430 g/mol. The summed E-state index contributed by atoms with van der Waals surface area (Å²) < 4.78 is 25.8. The average Bonchev–Trinajstić information content (AvgIpc) is 2.73. The maximum absolute atomic E-state index is 12.7. The van der Waals surface area contributed by atoms with Crippen molar-refractivity contribution in [3.63, 3.8) is 0 Å². The van der Waals surface area contributed by atoms with Gasteiger partial charge in [-0.3, -0.25) is 4.79 Å². The van der Waals surface area contributed by atoms with E-state index in [1.807, 2.05) is 19.1 Å². The van der Waals surface area contributed by atoms with Gasteiger partial charge in [0.05, 0.1) is 10.9 Å². The number of piperidine rings is 1. The summed E-state index contributed by atoms with van der Waals surface area (Å²) in [6.45, 7) is 6.38. The summed E-state index contributed by atoms with van der Waals surface area (Å²) in [4.78, 5) is 15.2. The summed E-state index contributed by atoms with van der Waals surface area (Å²) in [5.41, 5.74) is 2.54. The van der Waals surface area contributed by atoms with Crippen molar-refractivity contribution in [2.24, 2.45) is 5.92 Å². The SMILES string of the molecule is C[C@H]1CCCN(c2ccc([C@H](C)NC(=O)c3cccc(S(=O)(=O)N(C)C)c3)cc2)C1. The molecular weight excluding hydrogens is 398 g/mol. The van der Waals surface area contributed by atoms with Gasteiger partial charge in [0.25, 0.3) is 5.91 Å². The van der Waals surface area contributed by atoms with Crippen LogP contribution in [0.25, 0.3) is 0 Å². The third-order valence-electron chi connectivity index (χ3n) is 5.64. The summed E-state index contributed by atoms with van der Waals surface area (Å²) in [7, 11) is -0.643. The Hall–Kier alpha value is -2.38. The Balaban J connectivity index is 1.69. The van der Waals surface area contributed by atoms with Crippen molar-refractivity contribution in [2.75, 3.05) is 32.1 Å². The molecule has 1 fully saturated rings. The van der Waals surface area contributed by atoms with Gasteiger partial charge < -0.3 is 10.2 Å². The van der Waals surface area contributed by atoms with Gasteiger partial charge in [0, 0.05) is 38.4 Å². The van der Waals surface area contributed by atoms with E-state index in [1.54, 1.807) is 12.1 Å². The second-order valence-corrected chi connectivity index (χ2v) is 10.4. The fraction of sp³-hybridized carbons (Fsp3) is 0.435. The first-order valence-corrected chi connectivity index (χ1v) is 11.8. The molecule has 1 aliphatic heterocycles. The zero-order valence-corrected chi connectivity index (χ0v) is 18.9. The molecule has 1 saturated heterocycles. The third kappa shape index (κ3) is 5.02. The number of hydrogen-bond donors (Lipinski definition) is 1. The number of nitrogens with one attached hydrogen (secondary N) is 1. The van der Waals surface area contributed by atoms with E-state index in [-0.39, 0.29) is 16.8 Å². The van der Waals surface area contributed by atoms with Crippen molar-refractivity contribution in [2.45, 2.75) is 37.6 Å². The second-order valence-electron chi connectivity index (χ2n) is 8.30. The molecule has 3 rings (SSSR count). The first-order chi connectivity index (χ1) is 14.2. The van der Waals surface area contributed by atoms with Gasteiger partial charge in [-0.2, -0.15) is 0 Å². The monoisotopic (exact) mass is 429 g/mol. The van der Waals surface area contributed by atoms with Crippen LogP contribution in [-0.2, 0) is 10.0 Å². The molecule has 2 atom stereocenters. The van der Waals surface area contributed by atoms with Gasteiger partial charge >= 0.3 is 0 Å². The Morgan fingerprint density at radius 1 is 1.17 bits per heavy atom. The quantitative estimate of drug-likeness (QED) is 0.761. The number of carbonyl (C=O) groups excluding carboxylic acids is 1. The molecule has 1 N–H and O–H groups in total. The van der Waals surface area contributed by atoms with Crippen LogP contribution >= 0.6 is 0 Å². The maximum atomic E-state index is 12.7. The molecule has 6 nitrogen and oxygen atoms in total. The van der Waals surface area contributed by atoms with Crippen molar-refractivity contribution in [3.8, 4) is 0 Å². The molecule has 0 bridgehead atoms. The Morgan fingerprint density at radius 3 is 2.50 bits per heavy atom. The highest BCUT2D eigenvalue weighted by Gasteiger charge is 2.20. The summed E-state index contributed by atoms with van der Waals surface area (Å²) >= 11 is 0. The van der Waals surface area contributed by atoms with E-state index in [9.17, 15) is 13.2 Å². The summed E-state index contributed by atoms with van der Waals surface area (Å²) in [6, 6.07) is 14.2. The Kier molecular flexibility index (Phi) is 6.83. The Morgan fingerprint density at radius 2 is 1.87 bits per heavy atom. The van der Waals surface area contributed by atoms with Crippen molar-refractivity contribution < 1.29 is 13.2 Å². The third-order valence-corrected chi connectivity index (χ3v) is 7.45. The predicted octanol–water partition coefficient (Wildman–Crippen LogP) is 3.66. The van der Waals surface area contributed by atoms with Crippen LogP contribution in [0.4, 0.5) is 5.69 Å². The molecule has 1 heterocycles. The van der Waals surface area contributed by atoms with Crippen LogP contribution < -0.4 is 10.2 Å². The van der Waals surface area contributed by atoms with E-state index in [2.05, 4.69) is 29.3 Å². The van der Waals surface area contributed by atoms with E-state index >= 15 is 0 Å². The fourth-order valence-corrected chi connectivity index (χ4v) is 4.72. The van der Waals surface area contributed by atoms with Crippen molar-refractivity contribution >= 4 is 21.6 Å². The van der Waals surface area contributed by atoms with E-state index in [1.165, 1.54) is 44.8 Å². The van der Waals surface area contributed by atoms with Crippen LogP contribution in [0.5, 0.6) is 0 Å². The minimum atomic E-state index is -3.58. The highest BCUT2D eigenvalue weighted by atomic mass is 32.2. The highest BCUT2D eigenvalue weighted by Crippen LogP contribution is 2.25. The molecule has 0 unspecified atom stereocenters. The number of nitrogens with zero attached hydrogens (tertiary/aromatic N) is 2. The summed E-state index contributed by atoms with van der Waals surface area (Å²) in [5, 5.41) is 2.97. The zero-order valence-electron chi connectivity index (χ0n) is 18.1. The first-order valence-electron chi connectivity index (χ1n) is 10.4. The summed E-state index contributed by atoms with van der Waals surface area (Å²) in [6.07, 6.45) is 2.51. The summed E-state index contributed by atoms with van der Waals surface area (Å²) in [5.74, 6) is 0.413. The topological polar surface area (TPSA) is 69.7 Å². The molecule has 162 valence electrons. The number of anilines is 1. The predicted molar refractivity (Wildman–Crippen MR) is 120 cm³/mol. The molecule has 30 heavy (non-hydrogen) atoms. The maximum Gasteiger partial charge on any atom is 0.251 e.